The highest BCUT2D eigenvalue weighted by atomic mass is 16.2. The Hall–Kier alpha value is -1.91. The molecule has 0 atom stereocenters. The van der Waals surface area contributed by atoms with Gasteiger partial charge in [-0.2, -0.15) is 0 Å². The average molecular weight is 357 g/mol. The highest BCUT2D eigenvalue weighted by Crippen LogP contribution is 2.24. The number of amides is 2. The van der Waals surface area contributed by atoms with E-state index in [-0.39, 0.29) is 6.03 Å². The Morgan fingerprint density at radius 1 is 0.731 bits per heavy atom. The molecule has 1 aromatic rings. The van der Waals surface area contributed by atoms with Crippen molar-refractivity contribution in [2.75, 3.05) is 49.1 Å². The molecule has 2 saturated heterocycles. The normalized spacial score (nSPS) is 21.9. The fourth-order valence-corrected chi connectivity index (χ4v) is 4.53. The third-order valence-electron chi connectivity index (χ3n) is 6.19. The largest absolute Gasteiger partial charge is 0.372 e. The van der Waals surface area contributed by atoms with E-state index < -0.39 is 0 Å². The SMILES string of the molecule is O=C(NC1CCCC1)N1CCN(c2ccc(N3CCCCC3)cc2)CC1. The van der Waals surface area contributed by atoms with Crippen LogP contribution in [0.1, 0.15) is 44.9 Å². The predicted octanol–water partition coefficient (Wildman–Crippen LogP) is 3.45. The van der Waals surface area contributed by atoms with Crippen LogP contribution in [0.2, 0.25) is 0 Å². The molecule has 26 heavy (non-hydrogen) atoms. The molecular weight excluding hydrogens is 324 g/mol. The summed E-state index contributed by atoms with van der Waals surface area (Å²) in [5, 5.41) is 3.21. The summed E-state index contributed by atoms with van der Waals surface area (Å²) in [6.45, 7) is 5.84. The molecule has 1 aliphatic carbocycles. The summed E-state index contributed by atoms with van der Waals surface area (Å²) in [4.78, 5) is 19.3. The summed E-state index contributed by atoms with van der Waals surface area (Å²) in [5.41, 5.74) is 2.63. The van der Waals surface area contributed by atoms with Gasteiger partial charge in [0.15, 0.2) is 0 Å². The van der Waals surface area contributed by atoms with Crippen LogP contribution in [-0.2, 0) is 0 Å². The number of hydrogen-bond donors (Lipinski definition) is 1. The molecule has 142 valence electrons. The minimum atomic E-state index is 0.136. The highest BCUT2D eigenvalue weighted by Gasteiger charge is 2.24. The van der Waals surface area contributed by atoms with Gasteiger partial charge in [0.05, 0.1) is 0 Å². The fourth-order valence-electron chi connectivity index (χ4n) is 4.53. The summed E-state index contributed by atoms with van der Waals surface area (Å²) >= 11 is 0. The number of benzene rings is 1. The van der Waals surface area contributed by atoms with Crippen LogP contribution in [0.5, 0.6) is 0 Å². The number of hydrogen-bond acceptors (Lipinski definition) is 3. The van der Waals surface area contributed by atoms with Gasteiger partial charge in [0.1, 0.15) is 0 Å². The molecule has 5 nitrogen and oxygen atoms in total. The van der Waals surface area contributed by atoms with E-state index in [4.69, 9.17) is 0 Å². The quantitative estimate of drug-likeness (QED) is 0.901. The zero-order valence-corrected chi connectivity index (χ0v) is 15.8. The third-order valence-corrected chi connectivity index (χ3v) is 6.19. The third kappa shape index (κ3) is 4.08. The van der Waals surface area contributed by atoms with E-state index >= 15 is 0 Å². The lowest BCUT2D eigenvalue weighted by Gasteiger charge is -2.37. The first-order valence-corrected chi connectivity index (χ1v) is 10.4. The fraction of sp³-hybridized carbons (Fsp3) is 0.667. The first kappa shape index (κ1) is 17.5. The zero-order valence-electron chi connectivity index (χ0n) is 15.8. The van der Waals surface area contributed by atoms with Crippen molar-refractivity contribution in [1.29, 1.82) is 0 Å². The molecule has 5 heteroatoms. The summed E-state index contributed by atoms with van der Waals surface area (Å²) in [7, 11) is 0. The van der Waals surface area contributed by atoms with Gasteiger partial charge in [0, 0.05) is 56.7 Å². The van der Waals surface area contributed by atoms with E-state index in [0.717, 1.165) is 39.0 Å². The van der Waals surface area contributed by atoms with Gasteiger partial charge < -0.3 is 20.0 Å². The Morgan fingerprint density at radius 3 is 1.85 bits per heavy atom. The van der Waals surface area contributed by atoms with Crippen molar-refractivity contribution in [3.63, 3.8) is 0 Å². The number of piperidine rings is 1. The summed E-state index contributed by atoms with van der Waals surface area (Å²) < 4.78 is 0. The lowest BCUT2D eigenvalue weighted by Crippen LogP contribution is -2.53. The molecule has 2 amide bonds. The summed E-state index contributed by atoms with van der Waals surface area (Å²) in [6, 6.07) is 9.57. The van der Waals surface area contributed by atoms with Crippen LogP contribution in [0, 0.1) is 0 Å². The minimum absolute atomic E-state index is 0.136. The van der Waals surface area contributed by atoms with E-state index in [9.17, 15) is 4.79 Å². The van der Waals surface area contributed by atoms with Crippen molar-refractivity contribution >= 4 is 17.4 Å². The van der Waals surface area contributed by atoms with Gasteiger partial charge in [0.2, 0.25) is 0 Å². The molecule has 1 aromatic carbocycles. The van der Waals surface area contributed by atoms with Gasteiger partial charge >= 0.3 is 6.03 Å². The standard InChI is InChI=1S/C21H32N4O/c26-21(22-18-6-2-3-7-18)25-16-14-24(15-17-25)20-10-8-19(9-11-20)23-12-4-1-5-13-23/h8-11,18H,1-7,12-17H2,(H,22,26). The maximum atomic E-state index is 12.4. The van der Waals surface area contributed by atoms with Crippen molar-refractivity contribution in [3.8, 4) is 0 Å². The Balaban J connectivity index is 1.28. The average Bonchev–Trinajstić information content (AvgIpc) is 3.22. The summed E-state index contributed by atoms with van der Waals surface area (Å²) in [5.74, 6) is 0. The summed E-state index contributed by atoms with van der Waals surface area (Å²) in [6.07, 6.45) is 8.80. The first-order chi connectivity index (χ1) is 12.8. The number of nitrogens with zero attached hydrogens (tertiary/aromatic N) is 3. The Labute approximate surface area is 157 Å². The van der Waals surface area contributed by atoms with E-state index in [2.05, 4.69) is 39.4 Å². The Kier molecular flexibility index (Phi) is 5.51. The first-order valence-electron chi connectivity index (χ1n) is 10.4. The molecule has 0 unspecified atom stereocenters. The number of rotatable bonds is 3. The van der Waals surface area contributed by atoms with Crippen molar-refractivity contribution in [1.82, 2.24) is 10.2 Å². The number of carbonyl (C=O) groups is 1. The lowest BCUT2D eigenvalue weighted by molar-refractivity contribution is 0.190. The smallest absolute Gasteiger partial charge is 0.317 e. The van der Waals surface area contributed by atoms with E-state index in [1.165, 1.54) is 56.6 Å². The van der Waals surface area contributed by atoms with E-state index in [1.54, 1.807) is 0 Å². The van der Waals surface area contributed by atoms with Crippen molar-refractivity contribution in [2.45, 2.75) is 51.0 Å². The highest BCUT2D eigenvalue weighted by molar-refractivity contribution is 5.75. The van der Waals surface area contributed by atoms with E-state index in [0.29, 0.717) is 6.04 Å². The zero-order chi connectivity index (χ0) is 17.8. The van der Waals surface area contributed by atoms with E-state index in [1.807, 2.05) is 4.90 Å². The second kappa shape index (κ2) is 8.19. The van der Waals surface area contributed by atoms with Crippen LogP contribution in [0.15, 0.2) is 24.3 Å². The van der Waals surface area contributed by atoms with Gasteiger partial charge in [-0.1, -0.05) is 12.8 Å². The van der Waals surface area contributed by atoms with Gasteiger partial charge in [-0.15, -0.1) is 0 Å². The van der Waals surface area contributed by atoms with Gasteiger partial charge in [0.25, 0.3) is 0 Å². The van der Waals surface area contributed by atoms with Gasteiger partial charge in [-0.25, -0.2) is 4.79 Å². The molecule has 0 aromatic heterocycles. The van der Waals surface area contributed by atoms with Crippen LogP contribution >= 0.6 is 0 Å². The van der Waals surface area contributed by atoms with Crippen LogP contribution in [0.4, 0.5) is 16.2 Å². The predicted molar refractivity (Wildman–Crippen MR) is 107 cm³/mol. The maximum absolute atomic E-state index is 12.4. The van der Waals surface area contributed by atoms with Crippen LogP contribution in [0.25, 0.3) is 0 Å². The van der Waals surface area contributed by atoms with Crippen molar-refractivity contribution in [2.24, 2.45) is 0 Å². The minimum Gasteiger partial charge on any atom is -0.372 e. The molecule has 4 rings (SSSR count). The number of carbonyl (C=O) groups excluding carboxylic acids is 1. The second-order valence-electron chi connectivity index (χ2n) is 7.97. The number of piperazine rings is 1. The molecular formula is C21H32N4O. The Bertz CT molecular complexity index is 583. The molecule has 3 fully saturated rings. The lowest BCUT2D eigenvalue weighted by atomic mass is 10.1. The topological polar surface area (TPSA) is 38.8 Å². The maximum Gasteiger partial charge on any atom is 0.317 e. The molecule has 1 saturated carbocycles. The Morgan fingerprint density at radius 2 is 1.27 bits per heavy atom. The molecule has 2 aliphatic heterocycles. The molecule has 0 radical (unpaired) electrons. The monoisotopic (exact) mass is 356 g/mol. The molecule has 0 spiro atoms. The molecule has 3 aliphatic rings. The molecule has 0 bridgehead atoms. The van der Waals surface area contributed by atoms with Gasteiger partial charge in [-0.3, -0.25) is 0 Å². The number of nitrogens with one attached hydrogen (secondary N) is 1. The van der Waals surface area contributed by atoms with Crippen LogP contribution in [0.3, 0.4) is 0 Å². The number of urea groups is 1. The van der Waals surface area contributed by atoms with Gasteiger partial charge in [-0.05, 0) is 56.4 Å². The van der Waals surface area contributed by atoms with Crippen LogP contribution in [-0.4, -0.2) is 56.2 Å². The molecule has 1 N–H and O–H groups in total. The van der Waals surface area contributed by atoms with Crippen molar-refractivity contribution < 1.29 is 4.79 Å². The van der Waals surface area contributed by atoms with Crippen molar-refractivity contribution in [3.05, 3.63) is 24.3 Å². The molecule has 2 heterocycles. The second-order valence-corrected chi connectivity index (χ2v) is 7.97. The van der Waals surface area contributed by atoms with Crippen LogP contribution < -0.4 is 15.1 Å². The number of anilines is 2.